The molecule has 0 saturated heterocycles. The fourth-order valence-electron chi connectivity index (χ4n) is 4.24. The first-order valence-corrected chi connectivity index (χ1v) is 13.7. The minimum absolute atomic E-state index is 0.0266. The van der Waals surface area contributed by atoms with Crippen molar-refractivity contribution in [2.24, 2.45) is 5.73 Å². The summed E-state index contributed by atoms with van der Waals surface area (Å²) >= 11 is 4.04. The van der Waals surface area contributed by atoms with Crippen LogP contribution in [0.15, 0.2) is 57.6 Å². The van der Waals surface area contributed by atoms with E-state index in [1.165, 1.54) is 12.3 Å². The molecule has 14 heteroatoms. The number of amides is 2. The second-order valence-corrected chi connectivity index (χ2v) is 10.7. The van der Waals surface area contributed by atoms with Crippen molar-refractivity contribution >= 4 is 55.0 Å². The van der Waals surface area contributed by atoms with Gasteiger partial charge >= 0.3 is 6.18 Å². The highest BCUT2D eigenvalue weighted by atomic mass is 79.9. The topological polar surface area (TPSA) is 125 Å². The summed E-state index contributed by atoms with van der Waals surface area (Å²) in [5.74, 6) is -0.875. The molecule has 0 fully saturated rings. The number of thiophene rings is 1. The van der Waals surface area contributed by atoms with Gasteiger partial charge in [-0.1, -0.05) is 12.1 Å². The Hall–Kier alpha value is -4.17. The second-order valence-electron chi connectivity index (χ2n) is 8.80. The average molecular weight is 648 g/mol. The summed E-state index contributed by atoms with van der Waals surface area (Å²) in [5, 5.41) is 6.99. The smallest absolute Gasteiger partial charge is 0.433 e. The number of ether oxygens (including phenoxy) is 1. The lowest BCUT2D eigenvalue weighted by atomic mass is 10.0. The lowest BCUT2D eigenvalue weighted by Gasteiger charge is -2.12. The lowest BCUT2D eigenvalue weighted by molar-refractivity contribution is -0.140. The maximum atomic E-state index is 13.8. The Bertz CT molecular complexity index is 1790. The number of fused-ring (bicyclic) bond motifs is 1. The van der Waals surface area contributed by atoms with Crippen LogP contribution >= 0.6 is 27.3 Å². The number of aromatic nitrogens is 3. The van der Waals surface area contributed by atoms with E-state index in [0.717, 1.165) is 10.5 Å². The van der Waals surface area contributed by atoms with Crippen molar-refractivity contribution in [3.05, 3.63) is 80.9 Å². The van der Waals surface area contributed by atoms with Gasteiger partial charge < -0.3 is 20.2 Å². The van der Waals surface area contributed by atoms with E-state index in [2.05, 4.69) is 31.3 Å². The highest BCUT2D eigenvalue weighted by Crippen LogP contribution is 2.44. The van der Waals surface area contributed by atoms with E-state index in [-0.39, 0.29) is 38.7 Å². The number of carbonyl (C=O) groups excluding carboxylic acids is 2. The zero-order valence-electron chi connectivity index (χ0n) is 21.5. The quantitative estimate of drug-likeness (QED) is 0.191. The number of furan rings is 1. The summed E-state index contributed by atoms with van der Waals surface area (Å²) in [6, 6.07) is 11.1. The molecular formula is C27H21BrF3N5O4S. The number of rotatable bonds is 8. The Morgan fingerprint density at radius 3 is 2.61 bits per heavy atom. The van der Waals surface area contributed by atoms with Crippen molar-refractivity contribution in [1.82, 2.24) is 14.8 Å². The van der Waals surface area contributed by atoms with E-state index < -0.39 is 23.7 Å². The molecule has 0 aliphatic heterocycles. The third-order valence-electron chi connectivity index (χ3n) is 6.20. The van der Waals surface area contributed by atoms with Gasteiger partial charge in [0.1, 0.15) is 33.5 Å². The van der Waals surface area contributed by atoms with Gasteiger partial charge in [-0.25, -0.2) is 4.98 Å². The molecule has 0 atom stereocenters. The molecule has 3 N–H and O–H groups in total. The summed E-state index contributed by atoms with van der Waals surface area (Å²) in [6.45, 7) is 4.07. The van der Waals surface area contributed by atoms with Crippen molar-refractivity contribution in [3.63, 3.8) is 0 Å². The monoisotopic (exact) mass is 647 g/mol. The molecule has 41 heavy (non-hydrogen) atoms. The van der Waals surface area contributed by atoms with E-state index in [1.54, 1.807) is 29.8 Å². The molecule has 5 aromatic rings. The molecule has 0 aliphatic rings. The van der Waals surface area contributed by atoms with Crippen LogP contribution in [0.1, 0.15) is 44.3 Å². The van der Waals surface area contributed by atoms with Gasteiger partial charge in [0.25, 0.3) is 11.8 Å². The molecular weight excluding hydrogens is 627 g/mol. The fraction of sp³-hybridized carbons (Fsp3) is 0.185. The number of hydrogen-bond donors (Lipinski definition) is 2. The molecule has 0 radical (unpaired) electrons. The van der Waals surface area contributed by atoms with Gasteiger partial charge in [0.2, 0.25) is 0 Å². The maximum Gasteiger partial charge on any atom is 0.433 e. The number of nitrogens with two attached hydrogens (primary N) is 1. The first-order valence-electron chi connectivity index (χ1n) is 12.1. The lowest BCUT2D eigenvalue weighted by Crippen LogP contribution is -2.16. The van der Waals surface area contributed by atoms with E-state index in [4.69, 9.17) is 14.9 Å². The number of alkyl halides is 3. The molecule has 212 valence electrons. The van der Waals surface area contributed by atoms with Crippen LogP contribution in [-0.4, -0.2) is 26.6 Å². The Balaban J connectivity index is 1.55. The summed E-state index contributed by atoms with van der Waals surface area (Å²) in [4.78, 5) is 29.1. The van der Waals surface area contributed by atoms with Gasteiger partial charge in [-0.05, 0) is 65.7 Å². The Kier molecular flexibility index (Phi) is 7.62. The molecule has 9 nitrogen and oxygen atoms in total. The van der Waals surface area contributed by atoms with E-state index in [1.807, 2.05) is 19.1 Å². The molecule has 2 amide bonds. The van der Waals surface area contributed by atoms with Crippen LogP contribution in [-0.2, 0) is 19.3 Å². The number of nitrogens with zero attached hydrogens (tertiary/aromatic N) is 3. The number of aryl methyl sites for hydroxylation is 1. The number of primary amides is 1. The number of carbonyl (C=O) groups is 2. The molecule has 5 rings (SSSR count). The number of pyridine rings is 1. The van der Waals surface area contributed by atoms with Crippen molar-refractivity contribution in [2.75, 3.05) is 5.32 Å². The Morgan fingerprint density at radius 2 is 1.95 bits per heavy atom. The summed E-state index contributed by atoms with van der Waals surface area (Å²) in [6.07, 6.45) is -3.33. The summed E-state index contributed by atoms with van der Waals surface area (Å²) in [5.41, 5.74) is 5.44. The van der Waals surface area contributed by atoms with Crippen LogP contribution in [0.5, 0.6) is 5.75 Å². The second kappa shape index (κ2) is 11.0. The van der Waals surface area contributed by atoms with Gasteiger partial charge in [-0.3, -0.25) is 14.3 Å². The number of hydrogen-bond acceptors (Lipinski definition) is 7. The molecule has 0 spiro atoms. The van der Waals surface area contributed by atoms with E-state index in [0.29, 0.717) is 40.6 Å². The molecule has 4 aromatic heterocycles. The largest absolute Gasteiger partial charge is 0.484 e. The van der Waals surface area contributed by atoms with E-state index >= 15 is 0 Å². The number of halogens is 4. The van der Waals surface area contributed by atoms with Crippen LogP contribution in [0.2, 0.25) is 0 Å². The molecule has 0 unspecified atom stereocenters. The summed E-state index contributed by atoms with van der Waals surface area (Å²) in [7, 11) is 0. The number of benzene rings is 1. The van der Waals surface area contributed by atoms with E-state index in [9.17, 15) is 22.8 Å². The van der Waals surface area contributed by atoms with Crippen molar-refractivity contribution in [2.45, 2.75) is 33.2 Å². The van der Waals surface area contributed by atoms with Crippen LogP contribution in [0.4, 0.5) is 18.9 Å². The molecule has 0 saturated carbocycles. The third kappa shape index (κ3) is 5.57. The van der Waals surface area contributed by atoms with Crippen molar-refractivity contribution < 1.29 is 31.9 Å². The van der Waals surface area contributed by atoms with Crippen LogP contribution in [0.3, 0.4) is 0 Å². The van der Waals surface area contributed by atoms with Crippen molar-refractivity contribution in [3.8, 4) is 16.9 Å². The Morgan fingerprint density at radius 1 is 1.20 bits per heavy atom. The highest BCUT2D eigenvalue weighted by molar-refractivity contribution is 9.10. The van der Waals surface area contributed by atoms with Gasteiger partial charge in [0, 0.05) is 23.2 Å². The van der Waals surface area contributed by atoms with Crippen LogP contribution in [0.25, 0.3) is 21.3 Å². The minimum atomic E-state index is -4.76. The first kappa shape index (κ1) is 28.4. The highest BCUT2D eigenvalue weighted by Gasteiger charge is 2.35. The first-order chi connectivity index (χ1) is 19.5. The van der Waals surface area contributed by atoms with Gasteiger partial charge in [0.05, 0.1) is 16.4 Å². The number of anilines is 1. The third-order valence-corrected chi connectivity index (χ3v) is 7.95. The fourth-order valence-corrected chi connectivity index (χ4v) is 5.65. The molecule has 0 bridgehead atoms. The van der Waals surface area contributed by atoms with Gasteiger partial charge in [-0.2, -0.15) is 18.3 Å². The Labute approximate surface area is 243 Å². The predicted octanol–water partition coefficient (Wildman–Crippen LogP) is 6.79. The standard InChI is InChI=1S/C27H21BrF3N5O4S/c1-3-36-13(2)16(11-33-36)15-10-20(27(29,30)31)34-26-21(15)22(23(41-26)24(32)37)35-25(38)19-9-8-14(40-19)12-39-18-7-5-4-6-17(18)28/h4-11H,3,12H2,1-2H3,(H2,32,37)(H,35,38). The van der Waals surface area contributed by atoms with Crippen LogP contribution < -0.4 is 15.8 Å². The number of nitrogens with one attached hydrogen (secondary N) is 1. The SMILES string of the molecule is CCn1ncc(-c2cc(C(F)(F)F)nc3sc(C(N)=O)c(NC(=O)c4ccc(COc5ccccc5Br)o4)c23)c1C. The van der Waals surface area contributed by atoms with Gasteiger partial charge in [0.15, 0.2) is 5.76 Å². The molecule has 4 heterocycles. The molecule has 0 aliphatic carbocycles. The zero-order valence-corrected chi connectivity index (χ0v) is 23.9. The van der Waals surface area contributed by atoms with Crippen LogP contribution in [0, 0.1) is 6.92 Å². The average Bonchev–Trinajstić information content (AvgIpc) is 3.64. The van der Waals surface area contributed by atoms with Crippen molar-refractivity contribution in [1.29, 1.82) is 0 Å². The number of para-hydroxylation sites is 1. The maximum absolute atomic E-state index is 13.8. The minimum Gasteiger partial charge on any atom is -0.484 e. The predicted molar refractivity (Wildman–Crippen MR) is 150 cm³/mol. The normalized spacial score (nSPS) is 11.7. The zero-order chi connectivity index (χ0) is 29.5. The molecule has 1 aromatic carbocycles. The summed E-state index contributed by atoms with van der Waals surface area (Å²) < 4.78 is 55.2. The van der Waals surface area contributed by atoms with Gasteiger partial charge in [-0.15, -0.1) is 11.3 Å².